The van der Waals surface area contributed by atoms with E-state index < -0.39 is 0 Å². The fourth-order valence-corrected chi connectivity index (χ4v) is 6.64. The highest BCUT2D eigenvalue weighted by molar-refractivity contribution is 5.81. The Morgan fingerprint density at radius 3 is 1.47 bits per heavy atom. The molecule has 4 rings (SSSR count). The maximum Gasteiger partial charge on any atom is 0.191 e. The summed E-state index contributed by atoms with van der Waals surface area (Å²) in [6.07, 6.45) is 27.6. The topological polar surface area (TPSA) is 72.8 Å². The SMILES string of the molecule is CC(CCN=C(NC1CCCCC1)NC1CCCCC1)NC(=NC1CCCCC1)NC1CCCCC1. The van der Waals surface area contributed by atoms with Gasteiger partial charge in [0.25, 0.3) is 0 Å². The molecule has 0 spiro atoms. The molecule has 4 saturated carbocycles. The van der Waals surface area contributed by atoms with Crippen molar-refractivity contribution in [1.82, 2.24) is 21.3 Å². The monoisotopic (exact) mass is 500 g/mol. The Morgan fingerprint density at radius 2 is 1.00 bits per heavy atom. The summed E-state index contributed by atoms with van der Waals surface area (Å²) in [7, 11) is 0. The minimum absolute atomic E-state index is 0.359. The summed E-state index contributed by atoms with van der Waals surface area (Å²) in [6.45, 7) is 3.15. The van der Waals surface area contributed by atoms with Crippen LogP contribution in [0.4, 0.5) is 0 Å². The molecule has 6 nitrogen and oxygen atoms in total. The van der Waals surface area contributed by atoms with E-state index in [4.69, 9.17) is 9.98 Å². The average Bonchev–Trinajstić information content (AvgIpc) is 2.91. The maximum atomic E-state index is 5.20. The molecule has 0 radical (unpaired) electrons. The van der Waals surface area contributed by atoms with Gasteiger partial charge in [-0.25, -0.2) is 4.99 Å². The summed E-state index contributed by atoms with van der Waals surface area (Å²) < 4.78 is 0. The predicted octanol–water partition coefficient (Wildman–Crippen LogP) is 6.17. The van der Waals surface area contributed by atoms with Gasteiger partial charge in [-0.05, 0) is 64.7 Å². The largest absolute Gasteiger partial charge is 0.354 e. The molecule has 0 aromatic rings. The molecule has 4 N–H and O–H groups in total. The molecule has 0 saturated heterocycles. The van der Waals surface area contributed by atoms with E-state index in [0.717, 1.165) is 24.9 Å². The van der Waals surface area contributed by atoms with Crippen LogP contribution in [0.3, 0.4) is 0 Å². The minimum atomic E-state index is 0.359. The van der Waals surface area contributed by atoms with Gasteiger partial charge in [-0.3, -0.25) is 4.99 Å². The second kappa shape index (κ2) is 15.7. The van der Waals surface area contributed by atoms with E-state index >= 15 is 0 Å². The Hall–Kier alpha value is -1.46. The molecule has 6 heteroatoms. The molecule has 4 aliphatic carbocycles. The molecule has 0 amide bonds. The first kappa shape index (κ1) is 27.6. The van der Waals surface area contributed by atoms with E-state index in [0.29, 0.717) is 30.2 Å². The number of aliphatic imine (C=N–C) groups is 2. The van der Waals surface area contributed by atoms with Crippen LogP contribution in [0.2, 0.25) is 0 Å². The lowest BCUT2D eigenvalue weighted by Gasteiger charge is -2.29. The third-order valence-electron chi connectivity index (χ3n) is 8.94. The Balaban J connectivity index is 1.30. The molecule has 4 aliphatic rings. The smallest absolute Gasteiger partial charge is 0.191 e. The van der Waals surface area contributed by atoms with Crippen LogP contribution in [0.1, 0.15) is 142 Å². The lowest BCUT2D eigenvalue weighted by atomic mass is 9.95. The minimum Gasteiger partial charge on any atom is -0.354 e. The van der Waals surface area contributed by atoms with Gasteiger partial charge in [0, 0.05) is 30.7 Å². The summed E-state index contributed by atoms with van der Waals surface area (Å²) >= 11 is 0. The van der Waals surface area contributed by atoms with E-state index in [9.17, 15) is 0 Å². The normalized spacial score (nSPS) is 24.6. The number of guanidine groups is 2. The molecular weight excluding hydrogens is 444 g/mol. The van der Waals surface area contributed by atoms with Gasteiger partial charge in [0.2, 0.25) is 0 Å². The van der Waals surface area contributed by atoms with Gasteiger partial charge in [0.1, 0.15) is 0 Å². The zero-order chi connectivity index (χ0) is 24.8. The third kappa shape index (κ3) is 10.1. The Bertz CT molecular complexity index is 630. The first-order valence-corrected chi connectivity index (χ1v) is 15.9. The van der Waals surface area contributed by atoms with Crippen LogP contribution >= 0.6 is 0 Å². The Kier molecular flexibility index (Phi) is 12.0. The highest BCUT2D eigenvalue weighted by Crippen LogP contribution is 2.22. The van der Waals surface area contributed by atoms with Crippen LogP contribution in [0, 0.1) is 0 Å². The standard InChI is InChI=1S/C30H56N6/c1-24(32-30(35-27-18-10-4-11-19-27)36-28-20-12-5-13-21-28)22-23-31-29(33-25-14-6-2-7-15-25)34-26-16-8-3-9-17-26/h24-28H,2-23H2,1H3,(H2,31,33,34)(H2,32,35,36). The van der Waals surface area contributed by atoms with Crippen LogP contribution in [-0.4, -0.2) is 48.7 Å². The molecule has 0 aromatic heterocycles. The number of nitrogens with one attached hydrogen (secondary N) is 4. The molecule has 36 heavy (non-hydrogen) atoms. The van der Waals surface area contributed by atoms with Crippen molar-refractivity contribution in [2.75, 3.05) is 6.54 Å². The fourth-order valence-electron chi connectivity index (χ4n) is 6.64. The molecule has 1 unspecified atom stereocenters. The fraction of sp³-hybridized carbons (Fsp3) is 0.933. The Morgan fingerprint density at radius 1 is 0.583 bits per heavy atom. The summed E-state index contributed by atoms with van der Waals surface area (Å²) in [5.41, 5.74) is 0. The van der Waals surface area contributed by atoms with Crippen molar-refractivity contribution in [2.45, 2.75) is 172 Å². The maximum absolute atomic E-state index is 5.20. The lowest BCUT2D eigenvalue weighted by Crippen LogP contribution is -2.49. The van der Waals surface area contributed by atoms with Gasteiger partial charge in [-0.1, -0.05) is 77.0 Å². The van der Waals surface area contributed by atoms with Gasteiger partial charge in [-0.2, -0.15) is 0 Å². The van der Waals surface area contributed by atoms with Crippen molar-refractivity contribution < 1.29 is 0 Å². The summed E-state index contributed by atoms with van der Waals surface area (Å²) in [4.78, 5) is 10.3. The second-order valence-electron chi connectivity index (χ2n) is 12.3. The highest BCUT2D eigenvalue weighted by atomic mass is 15.2. The van der Waals surface area contributed by atoms with Gasteiger partial charge < -0.3 is 21.3 Å². The van der Waals surface area contributed by atoms with Crippen LogP contribution in [0.15, 0.2) is 9.98 Å². The van der Waals surface area contributed by atoms with Crippen LogP contribution < -0.4 is 21.3 Å². The van der Waals surface area contributed by atoms with Crippen molar-refractivity contribution in [3.8, 4) is 0 Å². The highest BCUT2D eigenvalue weighted by Gasteiger charge is 2.20. The molecule has 4 fully saturated rings. The number of hydrogen-bond acceptors (Lipinski definition) is 2. The first-order chi connectivity index (χ1) is 17.7. The van der Waals surface area contributed by atoms with E-state index in [2.05, 4.69) is 28.2 Å². The molecule has 0 bridgehead atoms. The van der Waals surface area contributed by atoms with Crippen LogP contribution in [0.25, 0.3) is 0 Å². The van der Waals surface area contributed by atoms with Crippen molar-refractivity contribution >= 4 is 11.9 Å². The van der Waals surface area contributed by atoms with E-state index in [1.165, 1.54) is 128 Å². The van der Waals surface area contributed by atoms with E-state index in [1.54, 1.807) is 0 Å². The second-order valence-corrected chi connectivity index (χ2v) is 12.3. The molecule has 206 valence electrons. The molecule has 0 aliphatic heterocycles. The molecule has 0 aromatic carbocycles. The van der Waals surface area contributed by atoms with Gasteiger partial charge >= 0.3 is 0 Å². The van der Waals surface area contributed by atoms with Crippen LogP contribution in [-0.2, 0) is 0 Å². The summed E-state index contributed by atoms with van der Waals surface area (Å²) in [6, 6.07) is 2.63. The van der Waals surface area contributed by atoms with Crippen LogP contribution in [0.5, 0.6) is 0 Å². The first-order valence-electron chi connectivity index (χ1n) is 15.9. The van der Waals surface area contributed by atoms with Crippen molar-refractivity contribution in [3.63, 3.8) is 0 Å². The van der Waals surface area contributed by atoms with Crippen molar-refractivity contribution in [1.29, 1.82) is 0 Å². The van der Waals surface area contributed by atoms with Gasteiger partial charge in [0.05, 0.1) is 6.04 Å². The van der Waals surface area contributed by atoms with Gasteiger partial charge in [-0.15, -0.1) is 0 Å². The Labute approximate surface area is 221 Å². The summed E-state index contributed by atoms with van der Waals surface area (Å²) in [5.74, 6) is 2.13. The van der Waals surface area contributed by atoms with Crippen molar-refractivity contribution in [3.05, 3.63) is 0 Å². The zero-order valence-corrected chi connectivity index (χ0v) is 23.3. The number of rotatable bonds is 8. The van der Waals surface area contributed by atoms with E-state index in [1.807, 2.05) is 0 Å². The zero-order valence-electron chi connectivity index (χ0n) is 23.3. The third-order valence-corrected chi connectivity index (χ3v) is 8.94. The lowest BCUT2D eigenvalue weighted by molar-refractivity contribution is 0.388. The van der Waals surface area contributed by atoms with E-state index in [-0.39, 0.29) is 0 Å². The number of nitrogens with zero attached hydrogens (tertiary/aromatic N) is 2. The molecule has 1 atom stereocenters. The average molecular weight is 501 g/mol. The molecule has 0 heterocycles. The van der Waals surface area contributed by atoms with Gasteiger partial charge in [0.15, 0.2) is 11.9 Å². The quantitative estimate of drug-likeness (QED) is 0.238. The number of hydrogen-bond donors (Lipinski definition) is 4. The summed E-state index contributed by atoms with van der Waals surface area (Å²) in [5, 5.41) is 15.2. The molecular formula is C30H56N6. The predicted molar refractivity (Wildman–Crippen MR) is 154 cm³/mol. The van der Waals surface area contributed by atoms with Crippen molar-refractivity contribution in [2.24, 2.45) is 9.98 Å².